The second-order valence-electron chi connectivity index (χ2n) is 14.2. The molecule has 0 heterocycles. The summed E-state index contributed by atoms with van der Waals surface area (Å²) in [5.41, 5.74) is 0. The molecule has 0 aliphatic heterocycles. The van der Waals surface area contributed by atoms with Crippen molar-refractivity contribution in [2.24, 2.45) is 0 Å². The van der Waals surface area contributed by atoms with E-state index in [0.29, 0.717) is 10.6 Å². The van der Waals surface area contributed by atoms with Crippen molar-refractivity contribution in [3.05, 3.63) is 274 Å². The van der Waals surface area contributed by atoms with Gasteiger partial charge < -0.3 is 0 Å². The zero-order valence-corrected chi connectivity index (χ0v) is 43.2. The molecule has 0 aliphatic rings. The summed E-state index contributed by atoms with van der Waals surface area (Å²) in [6, 6.07) is 71.1. The molecule has 0 saturated carbocycles. The minimum atomic E-state index is -4.66. The summed E-state index contributed by atoms with van der Waals surface area (Å²) < 4.78 is 98.2. The Bertz CT molecular complexity index is 2480. The van der Waals surface area contributed by atoms with E-state index in [9.17, 15) is 35.9 Å². The van der Waals surface area contributed by atoms with Crippen LogP contribution in [-0.2, 0) is 48.8 Å². The van der Waals surface area contributed by atoms with Crippen LogP contribution in [0.2, 0.25) is 0 Å². The van der Waals surface area contributed by atoms with Gasteiger partial charge in [0.05, 0.1) is 29.1 Å². The summed E-state index contributed by atoms with van der Waals surface area (Å²) >= 11 is 0. The number of rotatable bonds is 9. The van der Waals surface area contributed by atoms with E-state index in [1.54, 1.807) is 60.7 Å². The Morgan fingerprint density at radius 2 is 0.687 bits per heavy atom. The van der Waals surface area contributed by atoms with Crippen LogP contribution in [0.5, 0.6) is 0 Å². The van der Waals surface area contributed by atoms with Crippen molar-refractivity contribution in [1.82, 2.24) is 0 Å². The van der Waals surface area contributed by atoms with Gasteiger partial charge in [0.1, 0.15) is 0 Å². The molecular weight excluding hydrogens is 1310 g/mol. The maximum Gasteiger partial charge on any atom is 0.0408 e. The summed E-state index contributed by atoms with van der Waals surface area (Å²) in [5.74, 6) is -10.0. The topological polar surface area (TPSA) is 78.4 Å². The second kappa shape index (κ2) is 26.3. The summed E-state index contributed by atoms with van der Waals surface area (Å²) in [6.07, 6.45) is 0. The Labute approximate surface area is 425 Å². The Balaban J connectivity index is 0.000000240. The molecule has 8 aromatic carbocycles. The van der Waals surface area contributed by atoms with Crippen molar-refractivity contribution in [3.8, 4) is 0 Å². The van der Waals surface area contributed by atoms with Crippen LogP contribution in [0, 0.1) is 72.1 Å². The summed E-state index contributed by atoms with van der Waals surface area (Å²) in [5, 5.41) is 7.65. The first-order valence-electron chi connectivity index (χ1n) is 19.4. The van der Waals surface area contributed by atoms with E-state index in [4.69, 9.17) is 4.08 Å². The Morgan fingerprint density at radius 3 is 0.955 bits per heavy atom. The first-order chi connectivity index (χ1) is 30.9. The van der Waals surface area contributed by atoms with Gasteiger partial charge in [0.15, 0.2) is 0 Å². The summed E-state index contributed by atoms with van der Waals surface area (Å²) in [4.78, 5) is 0. The fourth-order valence-electron chi connectivity index (χ4n) is 6.23. The monoisotopic (exact) mass is 1350 g/mol. The maximum atomic E-state index is 12.0. The molecule has 0 atom stereocenters. The molecule has 0 fully saturated rings. The number of hydrogen-bond donors (Lipinski definition) is 0. The summed E-state index contributed by atoms with van der Waals surface area (Å²) in [7, 11) is -6.75. The Hall–Kier alpha value is -3.69. The van der Waals surface area contributed by atoms with Gasteiger partial charge in [0.2, 0.25) is 0 Å². The van der Waals surface area contributed by atoms with Crippen LogP contribution in [0.3, 0.4) is 0 Å². The third-order valence-corrected chi connectivity index (χ3v) is 19.5. The van der Waals surface area contributed by atoms with Gasteiger partial charge in [-0.1, -0.05) is 127 Å². The molecular formula is C52H43Au2ClF5O4P3-4. The van der Waals surface area contributed by atoms with Crippen molar-refractivity contribution in [3.63, 3.8) is 0 Å². The molecule has 8 aromatic rings. The molecule has 358 valence electrons. The van der Waals surface area contributed by atoms with Crippen molar-refractivity contribution in [1.29, 1.82) is 0 Å². The maximum absolute atomic E-state index is 12.0. The molecule has 4 nitrogen and oxygen atoms in total. The van der Waals surface area contributed by atoms with Crippen molar-refractivity contribution in [2.75, 3.05) is 0 Å². The zero-order chi connectivity index (χ0) is 47.1. The molecule has 2 radical (unpaired) electrons. The fraction of sp³-hybridized carbons (Fsp3) is 0. The molecule has 0 N–H and O–H groups in total. The minimum Gasteiger partial charge on any atom is -0.199 e. The third kappa shape index (κ3) is 15.9. The first kappa shape index (κ1) is 57.6. The van der Waals surface area contributed by atoms with Gasteiger partial charge in [0.25, 0.3) is 0 Å². The van der Waals surface area contributed by atoms with Gasteiger partial charge in [-0.2, -0.15) is 20.6 Å². The van der Waals surface area contributed by atoms with Gasteiger partial charge in [-0.15, -0.1) is 6.07 Å². The van der Waals surface area contributed by atoms with E-state index < -0.39 is 61.3 Å². The molecule has 0 saturated heterocycles. The largest absolute Gasteiger partial charge is 0.199 e. The molecule has 0 unspecified atom stereocenters. The van der Waals surface area contributed by atoms with Crippen LogP contribution in [0.4, 0.5) is 22.0 Å². The molecule has 67 heavy (non-hydrogen) atoms. The van der Waals surface area contributed by atoms with Gasteiger partial charge in [-0.05, 0) is 48.1 Å². The molecule has 0 bridgehead atoms. The average molecular weight is 1350 g/mol. The van der Waals surface area contributed by atoms with E-state index in [1.807, 2.05) is 36.4 Å². The second-order valence-corrected chi connectivity index (χ2v) is 24.5. The number of hydrogen-bond acceptors (Lipinski definition) is 4. The standard InChI is InChI=1S/C18H15P.C14H14ClO4P.C14H14P.C6F5.2Au/c1-4-10-16(11-5-1)19(17-12-6-2-7-13-17)18-14-8-3-9-15-18;1-20(2,19-15(16,17)18,13-9-5-3-6-10-13)14-11-7-4-8-12-14;1-15(2,13-9-5-3-6-10-13)14-11-7-4-8-12-14;7-2-1-3(8)5(10)6(11)4(2)9;;/h1-15H;3-12H,1-2H2;3-12H,1-2H2;;;/q;-2;2*-1;;. The molecule has 15 heteroatoms. The number of benzene rings is 8. The normalized spacial score (nSPS) is 11.6. The van der Waals surface area contributed by atoms with E-state index in [0.717, 1.165) is 6.07 Å². The quantitative estimate of drug-likeness (QED) is 0.0363. The van der Waals surface area contributed by atoms with Gasteiger partial charge >= 0.3 is 120 Å². The molecule has 8 rings (SSSR count). The molecule has 0 spiro atoms. The van der Waals surface area contributed by atoms with Crippen LogP contribution < -0.4 is 51.1 Å². The van der Waals surface area contributed by atoms with Crippen LogP contribution in [0.25, 0.3) is 0 Å². The van der Waals surface area contributed by atoms with Gasteiger partial charge in [-0.25, -0.2) is 13.2 Å². The summed E-state index contributed by atoms with van der Waals surface area (Å²) in [6.45, 7) is 12.5. The predicted octanol–water partition coefficient (Wildman–Crippen LogP) is 8.46. The van der Waals surface area contributed by atoms with Crippen molar-refractivity contribution in [2.45, 2.75) is 0 Å². The SMILES string of the molecule is Fc1[c-]c(F)c(F)c(F)c1F.[Au].[Au].[CH2-]P([CH2-])(O[Cl+3]([O-])([O-])[O-])(c1ccccc1)c1ccccc1.[CH2-][P+]([CH2-])(c1ccccc1)c1ccccc1.c1ccc(P(c2ccccc2)c2ccccc2)cc1. The van der Waals surface area contributed by atoms with E-state index in [-0.39, 0.29) is 44.8 Å². The zero-order valence-electron chi connectivity index (χ0n) is 35.4. The van der Waals surface area contributed by atoms with Crippen LogP contribution >= 0.6 is 22.0 Å². The first-order valence-corrected chi connectivity index (χ1v) is 26.7. The smallest absolute Gasteiger partial charge is 0.0408 e. The van der Waals surface area contributed by atoms with E-state index in [1.165, 1.54) is 26.5 Å². The van der Waals surface area contributed by atoms with E-state index in [2.05, 4.69) is 142 Å². The van der Waals surface area contributed by atoms with Gasteiger partial charge in [0, 0.05) is 55.4 Å². The fourth-order valence-corrected chi connectivity index (χ4v) is 14.6. The third-order valence-electron chi connectivity index (χ3n) is 9.50. The van der Waals surface area contributed by atoms with Crippen LogP contribution in [-0.4, -0.2) is 0 Å². The molecule has 0 aromatic heterocycles. The Morgan fingerprint density at radius 1 is 0.433 bits per heavy atom. The van der Waals surface area contributed by atoms with Crippen molar-refractivity contribution >= 4 is 59.1 Å². The molecule has 0 aliphatic carbocycles. The van der Waals surface area contributed by atoms with Gasteiger partial charge in [-0.3, -0.25) is 8.78 Å². The van der Waals surface area contributed by atoms with Crippen LogP contribution in [0.1, 0.15) is 0 Å². The Kier molecular flexibility index (Phi) is 22.7. The minimum absolute atomic E-state index is 0. The average Bonchev–Trinajstić information content (AvgIpc) is 3.32. The molecule has 0 amide bonds. The van der Waals surface area contributed by atoms with Crippen molar-refractivity contribution < 1.29 is 95.0 Å². The van der Waals surface area contributed by atoms with Crippen LogP contribution in [0.15, 0.2) is 212 Å². The van der Waals surface area contributed by atoms with E-state index >= 15 is 0 Å². The predicted molar refractivity (Wildman–Crippen MR) is 251 cm³/mol. The number of halogens is 6.